The topological polar surface area (TPSA) is 42.0 Å². The van der Waals surface area contributed by atoms with Crippen molar-refractivity contribution in [1.29, 1.82) is 0 Å². The van der Waals surface area contributed by atoms with E-state index >= 15 is 0 Å². The van der Waals surface area contributed by atoms with Crippen LogP contribution in [0.4, 0.5) is 0 Å². The first kappa shape index (κ1) is 15.7. The Kier molecular flexibility index (Phi) is 5.41. The van der Waals surface area contributed by atoms with Gasteiger partial charge in [0.25, 0.3) is 0 Å². The van der Waals surface area contributed by atoms with Crippen molar-refractivity contribution in [3.63, 3.8) is 0 Å². The number of aromatic nitrogens is 1. The van der Waals surface area contributed by atoms with Gasteiger partial charge in [0.1, 0.15) is 0 Å². The Morgan fingerprint density at radius 1 is 1.04 bits per heavy atom. The zero-order valence-electron chi connectivity index (χ0n) is 13.4. The van der Waals surface area contributed by atoms with Gasteiger partial charge in [-0.15, -0.1) is 0 Å². The lowest BCUT2D eigenvalue weighted by atomic mass is 9.90. The molecule has 0 aliphatic heterocycles. The summed E-state index contributed by atoms with van der Waals surface area (Å²) in [6.07, 6.45) is 10.3. The number of benzene rings is 1. The number of nitrogens with one attached hydrogen (secondary N) is 1. The van der Waals surface area contributed by atoms with Gasteiger partial charge in [0.05, 0.1) is 5.92 Å². The van der Waals surface area contributed by atoms with E-state index < -0.39 is 0 Å². The highest BCUT2D eigenvalue weighted by Gasteiger charge is 2.24. The van der Waals surface area contributed by atoms with Crippen molar-refractivity contribution in [2.45, 2.75) is 50.5 Å². The molecular formula is C20H24N2O. The first-order valence-corrected chi connectivity index (χ1v) is 8.57. The molecule has 0 bridgehead atoms. The smallest absolute Gasteiger partial charge is 0.228 e. The molecule has 1 aliphatic rings. The molecule has 3 nitrogen and oxygen atoms in total. The average molecular weight is 308 g/mol. The van der Waals surface area contributed by atoms with Gasteiger partial charge < -0.3 is 5.32 Å². The molecule has 1 heterocycles. The molecule has 1 saturated carbocycles. The van der Waals surface area contributed by atoms with Crippen molar-refractivity contribution in [2.24, 2.45) is 0 Å². The third-order valence-electron chi connectivity index (χ3n) is 4.66. The Labute approximate surface area is 138 Å². The number of rotatable bonds is 5. The first-order valence-electron chi connectivity index (χ1n) is 8.57. The van der Waals surface area contributed by atoms with E-state index in [1.165, 1.54) is 19.3 Å². The highest BCUT2D eigenvalue weighted by molar-refractivity contribution is 5.84. The molecular weight excluding hydrogens is 284 g/mol. The minimum Gasteiger partial charge on any atom is -0.353 e. The lowest BCUT2D eigenvalue weighted by Crippen LogP contribution is -2.39. The van der Waals surface area contributed by atoms with Crippen LogP contribution in [0.5, 0.6) is 0 Å². The van der Waals surface area contributed by atoms with Gasteiger partial charge in [-0.05, 0) is 42.5 Å². The number of nitrogens with zero attached hydrogens (tertiary/aromatic N) is 1. The normalized spacial score (nSPS) is 16.7. The van der Waals surface area contributed by atoms with E-state index in [-0.39, 0.29) is 11.8 Å². The molecule has 0 radical (unpaired) electrons. The van der Waals surface area contributed by atoms with Gasteiger partial charge in [0.15, 0.2) is 0 Å². The van der Waals surface area contributed by atoms with Crippen LogP contribution < -0.4 is 5.32 Å². The van der Waals surface area contributed by atoms with Gasteiger partial charge in [-0.3, -0.25) is 9.78 Å². The second kappa shape index (κ2) is 7.91. The maximum absolute atomic E-state index is 12.9. The summed E-state index contributed by atoms with van der Waals surface area (Å²) in [4.78, 5) is 17.0. The second-order valence-corrected chi connectivity index (χ2v) is 6.37. The molecule has 23 heavy (non-hydrogen) atoms. The van der Waals surface area contributed by atoms with Crippen LogP contribution in [0.2, 0.25) is 0 Å². The fourth-order valence-electron chi connectivity index (χ4n) is 3.35. The number of carbonyl (C=O) groups excluding carboxylic acids is 1. The summed E-state index contributed by atoms with van der Waals surface area (Å²) in [6, 6.07) is 14.4. The molecule has 1 amide bonds. The van der Waals surface area contributed by atoms with E-state index in [4.69, 9.17) is 0 Å². The lowest BCUT2D eigenvalue weighted by Gasteiger charge is -2.26. The molecule has 0 saturated heterocycles. The summed E-state index contributed by atoms with van der Waals surface area (Å²) in [6.45, 7) is 0. The Bertz CT molecular complexity index is 606. The highest BCUT2D eigenvalue weighted by Crippen LogP contribution is 2.23. The predicted octanol–water partition coefficient (Wildman–Crippen LogP) is 3.86. The van der Waals surface area contributed by atoms with Gasteiger partial charge in [-0.25, -0.2) is 0 Å². The van der Waals surface area contributed by atoms with Crippen LogP contribution >= 0.6 is 0 Å². The summed E-state index contributed by atoms with van der Waals surface area (Å²) >= 11 is 0. The maximum atomic E-state index is 12.9. The molecule has 120 valence electrons. The Morgan fingerprint density at radius 3 is 2.43 bits per heavy atom. The van der Waals surface area contributed by atoms with E-state index in [1.807, 2.05) is 42.5 Å². The van der Waals surface area contributed by atoms with Gasteiger partial charge in [0.2, 0.25) is 5.91 Å². The number of amides is 1. The van der Waals surface area contributed by atoms with Crippen LogP contribution in [0.15, 0.2) is 54.9 Å². The molecule has 1 fully saturated rings. The van der Waals surface area contributed by atoms with Crippen LogP contribution in [0.3, 0.4) is 0 Å². The summed E-state index contributed by atoms with van der Waals surface area (Å²) < 4.78 is 0. The summed E-state index contributed by atoms with van der Waals surface area (Å²) in [5, 5.41) is 3.28. The lowest BCUT2D eigenvalue weighted by molar-refractivity contribution is -0.123. The van der Waals surface area contributed by atoms with Crippen molar-refractivity contribution in [1.82, 2.24) is 10.3 Å². The number of hydrogen-bond donors (Lipinski definition) is 1. The van der Waals surface area contributed by atoms with E-state index in [1.54, 1.807) is 12.4 Å². The zero-order valence-corrected chi connectivity index (χ0v) is 13.4. The number of pyridine rings is 1. The molecule has 1 aromatic carbocycles. The van der Waals surface area contributed by atoms with Gasteiger partial charge in [-0.1, -0.05) is 49.6 Å². The largest absolute Gasteiger partial charge is 0.353 e. The molecule has 1 N–H and O–H groups in total. The van der Waals surface area contributed by atoms with Crippen LogP contribution in [0, 0.1) is 0 Å². The number of carbonyl (C=O) groups is 1. The Hall–Kier alpha value is -2.16. The van der Waals surface area contributed by atoms with E-state index in [0.717, 1.165) is 24.0 Å². The standard InChI is InChI=1S/C20H24N2O/c23-20(22-18-9-5-2-6-10-18)19(17-7-3-1-4-8-17)15-16-11-13-21-14-12-16/h1,3-4,7-8,11-14,18-19H,2,5-6,9-10,15H2,(H,22,23). The zero-order chi connectivity index (χ0) is 15.9. The fraction of sp³-hybridized carbons (Fsp3) is 0.400. The molecule has 1 aromatic heterocycles. The SMILES string of the molecule is O=C(NC1CCCCC1)C(Cc1ccncc1)c1ccccc1. The molecule has 1 unspecified atom stereocenters. The Morgan fingerprint density at radius 2 is 1.74 bits per heavy atom. The third kappa shape index (κ3) is 4.41. The van der Waals surface area contributed by atoms with E-state index in [9.17, 15) is 4.79 Å². The van der Waals surface area contributed by atoms with Crippen molar-refractivity contribution >= 4 is 5.91 Å². The third-order valence-corrected chi connectivity index (χ3v) is 4.66. The molecule has 1 atom stereocenters. The van der Waals surface area contributed by atoms with Crippen LogP contribution in [0.1, 0.15) is 49.1 Å². The molecule has 3 rings (SSSR count). The molecule has 1 aliphatic carbocycles. The van der Waals surface area contributed by atoms with Crippen LogP contribution in [-0.4, -0.2) is 16.9 Å². The first-order chi connectivity index (χ1) is 11.3. The van der Waals surface area contributed by atoms with Crippen LogP contribution in [-0.2, 0) is 11.2 Å². The average Bonchev–Trinajstić information content (AvgIpc) is 2.62. The van der Waals surface area contributed by atoms with Gasteiger partial charge >= 0.3 is 0 Å². The molecule has 3 heteroatoms. The summed E-state index contributed by atoms with van der Waals surface area (Å²) in [5.41, 5.74) is 2.23. The summed E-state index contributed by atoms with van der Waals surface area (Å²) in [7, 11) is 0. The molecule has 2 aromatic rings. The Balaban J connectivity index is 1.75. The van der Waals surface area contributed by atoms with Crippen LogP contribution in [0.25, 0.3) is 0 Å². The molecule has 0 spiro atoms. The number of hydrogen-bond acceptors (Lipinski definition) is 2. The highest BCUT2D eigenvalue weighted by atomic mass is 16.1. The monoisotopic (exact) mass is 308 g/mol. The maximum Gasteiger partial charge on any atom is 0.228 e. The quantitative estimate of drug-likeness (QED) is 0.911. The van der Waals surface area contributed by atoms with Crippen molar-refractivity contribution in [3.05, 3.63) is 66.0 Å². The van der Waals surface area contributed by atoms with Gasteiger partial charge in [0, 0.05) is 18.4 Å². The van der Waals surface area contributed by atoms with Crippen molar-refractivity contribution in [2.75, 3.05) is 0 Å². The van der Waals surface area contributed by atoms with Crippen molar-refractivity contribution < 1.29 is 4.79 Å². The van der Waals surface area contributed by atoms with E-state index in [2.05, 4.69) is 10.3 Å². The predicted molar refractivity (Wildman–Crippen MR) is 92.1 cm³/mol. The fourth-order valence-corrected chi connectivity index (χ4v) is 3.35. The van der Waals surface area contributed by atoms with E-state index in [0.29, 0.717) is 12.5 Å². The minimum absolute atomic E-state index is 0.138. The summed E-state index contributed by atoms with van der Waals surface area (Å²) in [5.74, 6) is 0.0143. The van der Waals surface area contributed by atoms with Gasteiger partial charge in [-0.2, -0.15) is 0 Å². The van der Waals surface area contributed by atoms with Crippen molar-refractivity contribution in [3.8, 4) is 0 Å². The minimum atomic E-state index is -0.138. The second-order valence-electron chi connectivity index (χ2n) is 6.37.